The van der Waals surface area contributed by atoms with Crippen molar-refractivity contribution in [1.29, 1.82) is 0 Å². The molecule has 0 saturated heterocycles. The van der Waals surface area contributed by atoms with Crippen LogP contribution in [0, 0.1) is 10.1 Å². The third kappa shape index (κ3) is 2.57. The summed E-state index contributed by atoms with van der Waals surface area (Å²) in [4.78, 5) is 34.6. The van der Waals surface area contributed by atoms with Gasteiger partial charge >= 0.3 is 17.3 Å². The van der Waals surface area contributed by atoms with Gasteiger partial charge < -0.3 is 10.1 Å². The van der Waals surface area contributed by atoms with Crippen molar-refractivity contribution < 1.29 is 23.2 Å². The number of benzene rings is 1. The van der Waals surface area contributed by atoms with E-state index >= 15 is 0 Å². The summed E-state index contributed by atoms with van der Waals surface area (Å²) in [5.74, 6) is 0. The number of nitro groups is 1. The van der Waals surface area contributed by atoms with Crippen LogP contribution in [-0.4, -0.2) is 26.2 Å². The Labute approximate surface area is 118 Å². The molecule has 2 aromatic rings. The topological polar surface area (TPSA) is 118 Å². The van der Waals surface area contributed by atoms with Crippen LogP contribution in [0.1, 0.15) is 5.56 Å². The second-order valence-corrected chi connectivity index (χ2v) is 4.28. The first-order valence-electron chi connectivity index (χ1n) is 5.80. The monoisotopic (exact) mass is 319 g/mol. The predicted octanol–water partition coefficient (Wildman–Crippen LogP) is 0.609. The molecule has 11 heteroatoms. The highest BCUT2D eigenvalue weighted by Crippen LogP contribution is 2.37. The van der Waals surface area contributed by atoms with Gasteiger partial charge in [0, 0.05) is 12.6 Å². The van der Waals surface area contributed by atoms with Crippen molar-refractivity contribution in [2.45, 2.75) is 12.7 Å². The van der Waals surface area contributed by atoms with E-state index < -0.39 is 45.6 Å². The fourth-order valence-electron chi connectivity index (χ4n) is 2.01. The largest absolute Gasteiger partial charge is 0.423 e. The maximum Gasteiger partial charge on any atom is 0.423 e. The Morgan fingerprint density at radius 2 is 1.95 bits per heavy atom. The van der Waals surface area contributed by atoms with E-state index in [4.69, 9.17) is 5.11 Å². The van der Waals surface area contributed by atoms with Crippen LogP contribution in [-0.2, 0) is 12.7 Å². The van der Waals surface area contributed by atoms with Crippen LogP contribution in [0.2, 0.25) is 0 Å². The van der Waals surface area contributed by atoms with Gasteiger partial charge in [-0.2, -0.15) is 13.2 Å². The summed E-state index contributed by atoms with van der Waals surface area (Å²) in [5, 5.41) is 19.7. The molecule has 0 atom stereocenters. The first-order chi connectivity index (χ1) is 10.2. The van der Waals surface area contributed by atoms with Crippen molar-refractivity contribution >= 4 is 16.7 Å². The molecule has 1 aromatic carbocycles. The number of alkyl halides is 3. The Kier molecular flexibility index (Phi) is 3.75. The number of hydrogen-bond acceptors (Lipinski definition) is 5. The van der Waals surface area contributed by atoms with E-state index in [-0.39, 0.29) is 12.1 Å². The summed E-state index contributed by atoms with van der Waals surface area (Å²) in [6.07, 6.45) is -5.01. The van der Waals surface area contributed by atoms with Gasteiger partial charge in [0.25, 0.3) is 5.69 Å². The lowest BCUT2D eigenvalue weighted by atomic mass is 10.1. The molecule has 0 amide bonds. The number of aliphatic hydroxyl groups is 1. The van der Waals surface area contributed by atoms with Gasteiger partial charge in [-0.3, -0.25) is 24.3 Å². The molecule has 0 bridgehead atoms. The van der Waals surface area contributed by atoms with Gasteiger partial charge in [0.15, 0.2) is 0 Å². The summed E-state index contributed by atoms with van der Waals surface area (Å²) in [5.41, 5.74) is -5.79. The highest BCUT2D eigenvalue weighted by molar-refractivity contribution is 5.79. The zero-order valence-corrected chi connectivity index (χ0v) is 10.7. The lowest BCUT2D eigenvalue weighted by Crippen LogP contribution is -2.37. The van der Waals surface area contributed by atoms with E-state index in [2.05, 4.69) is 0 Å². The molecule has 0 aliphatic heterocycles. The molecular formula is C11H8F3N3O5. The van der Waals surface area contributed by atoms with Crippen LogP contribution in [0.25, 0.3) is 11.0 Å². The zero-order valence-electron chi connectivity index (χ0n) is 10.7. The summed E-state index contributed by atoms with van der Waals surface area (Å²) in [6.45, 7) is -0.963. The van der Waals surface area contributed by atoms with Crippen molar-refractivity contribution in [3.8, 4) is 0 Å². The fourth-order valence-corrected chi connectivity index (χ4v) is 2.01. The van der Waals surface area contributed by atoms with Gasteiger partial charge in [0.05, 0.1) is 22.6 Å². The first kappa shape index (κ1) is 15.7. The van der Waals surface area contributed by atoms with E-state index in [1.807, 2.05) is 4.98 Å². The standard InChI is InChI=1S/C11H8F3N3O5/c12-11(13,14)5-3-6-8(4-7(5)17(21)22)16(1-2-18)10(20)9(19)15-6/h3-4,18H,1-2H2,(H,15,19). The van der Waals surface area contributed by atoms with Crippen LogP contribution < -0.4 is 11.1 Å². The number of fused-ring (bicyclic) bond motifs is 1. The number of aromatic nitrogens is 2. The third-order valence-electron chi connectivity index (χ3n) is 2.92. The number of halogens is 3. The highest BCUT2D eigenvalue weighted by atomic mass is 19.4. The van der Waals surface area contributed by atoms with E-state index in [0.717, 1.165) is 0 Å². The minimum atomic E-state index is -5.01. The van der Waals surface area contributed by atoms with Gasteiger partial charge in [-0.15, -0.1) is 0 Å². The number of H-pyrrole nitrogens is 1. The Hall–Kier alpha value is -2.69. The van der Waals surface area contributed by atoms with E-state index in [0.29, 0.717) is 16.7 Å². The number of nitrogens with zero attached hydrogens (tertiary/aromatic N) is 2. The third-order valence-corrected chi connectivity index (χ3v) is 2.92. The zero-order chi connectivity index (χ0) is 16.7. The number of aliphatic hydroxyl groups excluding tert-OH is 1. The summed E-state index contributed by atoms with van der Waals surface area (Å²) in [6, 6.07) is 0.938. The summed E-state index contributed by atoms with van der Waals surface area (Å²) >= 11 is 0. The van der Waals surface area contributed by atoms with E-state index in [1.165, 1.54) is 0 Å². The molecule has 118 valence electrons. The molecule has 1 heterocycles. The van der Waals surface area contributed by atoms with Crippen LogP contribution in [0.3, 0.4) is 0 Å². The molecular weight excluding hydrogens is 311 g/mol. The van der Waals surface area contributed by atoms with Crippen molar-refractivity contribution in [3.05, 3.63) is 48.5 Å². The fraction of sp³-hybridized carbons (Fsp3) is 0.273. The lowest BCUT2D eigenvalue weighted by Gasteiger charge is -2.12. The van der Waals surface area contributed by atoms with Gasteiger partial charge in [0.1, 0.15) is 5.56 Å². The SMILES string of the molecule is O=c1[nH]c2cc(C(F)(F)F)c([N+](=O)[O-])cc2n(CCO)c1=O. The number of aromatic amines is 1. The first-order valence-corrected chi connectivity index (χ1v) is 5.80. The molecule has 22 heavy (non-hydrogen) atoms. The van der Waals surface area contributed by atoms with Gasteiger partial charge in [-0.05, 0) is 6.07 Å². The van der Waals surface area contributed by atoms with Gasteiger partial charge in [0.2, 0.25) is 0 Å². The Bertz CT molecular complexity index is 868. The van der Waals surface area contributed by atoms with Crippen LogP contribution in [0.15, 0.2) is 21.7 Å². The molecule has 0 fully saturated rings. The van der Waals surface area contributed by atoms with Crippen molar-refractivity contribution in [2.24, 2.45) is 0 Å². The number of nitrogens with one attached hydrogen (secondary N) is 1. The Morgan fingerprint density at radius 1 is 1.32 bits per heavy atom. The van der Waals surface area contributed by atoms with Crippen molar-refractivity contribution in [2.75, 3.05) is 6.61 Å². The predicted molar refractivity (Wildman–Crippen MR) is 67.6 cm³/mol. The molecule has 0 radical (unpaired) electrons. The Morgan fingerprint density at radius 3 is 2.45 bits per heavy atom. The summed E-state index contributed by atoms with van der Waals surface area (Å²) < 4.78 is 39.3. The molecule has 0 unspecified atom stereocenters. The number of nitro benzene ring substituents is 1. The normalized spacial score (nSPS) is 11.8. The lowest BCUT2D eigenvalue weighted by molar-refractivity contribution is -0.387. The van der Waals surface area contributed by atoms with Crippen LogP contribution in [0.5, 0.6) is 0 Å². The van der Waals surface area contributed by atoms with E-state index in [9.17, 15) is 32.9 Å². The molecule has 0 saturated carbocycles. The molecule has 1 aromatic heterocycles. The average Bonchev–Trinajstić information content (AvgIpc) is 2.41. The highest BCUT2D eigenvalue weighted by Gasteiger charge is 2.39. The van der Waals surface area contributed by atoms with Crippen molar-refractivity contribution in [3.63, 3.8) is 0 Å². The van der Waals surface area contributed by atoms with E-state index in [1.54, 1.807) is 0 Å². The quantitative estimate of drug-likeness (QED) is 0.488. The van der Waals surface area contributed by atoms with Gasteiger partial charge in [-0.25, -0.2) is 0 Å². The molecule has 8 nitrogen and oxygen atoms in total. The molecule has 0 aliphatic rings. The van der Waals surface area contributed by atoms with Crippen LogP contribution in [0.4, 0.5) is 18.9 Å². The molecule has 2 rings (SSSR count). The number of rotatable bonds is 3. The minimum absolute atomic E-state index is 0.279. The second kappa shape index (κ2) is 5.26. The molecule has 0 aliphatic carbocycles. The molecule has 2 N–H and O–H groups in total. The van der Waals surface area contributed by atoms with Crippen molar-refractivity contribution in [1.82, 2.24) is 9.55 Å². The average molecular weight is 319 g/mol. The molecule has 0 spiro atoms. The number of hydrogen-bond donors (Lipinski definition) is 2. The maximum absolute atomic E-state index is 12.9. The second-order valence-electron chi connectivity index (χ2n) is 4.28. The maximum atomic E-state index is 12.9. The summed E-state index contributed by atoms with van der Waals surface area (Å²) in [7, 11) is 0. The minimum Gasteiger partial charge on any atom is -0.395 e. The smallest absolute Gasteiger partial charge is 0.395 e. The Balaban J connectivity index is 2.97. The van der Waals surface area contributed by atoms with Gasteiger partial charge in [-0.1, -0.05) is 0 Å². The van der Waals surface area contributed by atoms with Crippen LogP contribution >= 0.6 is 0 Å².